The summed E-state index contributed by atoms with van der Waals surface area (Å²) in [5.74, 6) is 2.00. The van der Waals surface area contributed by atoms with Gasteiger partial charge in [0.2, 0.25) is 0 Å². The third kappa shape index (κ3) is 3.39. The van der Waals surface area contributed by atoms with Crippen LogP contribution in [0, 0.1) is 0 Å². The summed E-state index contributed by atoms with van der Waals surface area (Å²) in [6, 6.07) is 2.78. The van der Waals surface area contributed by atoms with Crippen LogP contribution in [0.4, 0.5) is 5.82 Å². The lowest BCUT2D eigenvalue weighted by molar-refractivity contribution is 0.273. The summed E-state index contributed by atoms with van der Waals surface area (Å²) in [4.78, 5) is 14.5. The van der Waals surface area contributed by atoms with E-state index in [-0.39, 0.29) is 5.41 Å². The molecular formula is C16H25BrN4. The van der Waals surface area contributed by atoms with Crippen LogP contribution in [0.1, 0.15) is 45.9 Å². The number of nitrogens with zero attached hydrogens (tertiary/aromatic N) is 4. The van der Waals surface area contributed by atoms with Crippen molar-refractivity contribution in [1.82, 2.24) is 14.9 Å². The molecule has 116 valence electrons. The SMILES string of the molecule is CC(C)(C)c1nc(Br)cc(N2CCCN3CCCC3C2)n1. The average Bonchev–Trinajstić information content (AvgIpc) is 2.74. The number of fused-ring (bicyclic) bond motifs is 1. The zero-order valence-corrected chi connectivity index (χ0v) is 14.9. The Morgan fingerprint density at radius 3 is 2.67 bits per heavy atom. The molecule has 0 bridgehead atoms. The molecule has 0 amide bonds. The van der Waals surface area contributed by atoms with Crippen molar-refractivity contribution >= 4 is 21.7 Å². The summed E-state index contributed by atoms with van der Waals surface area (Å²) in [7, 11) is 0. The van der Waals surface area contributed by atoms with Crippen LogP contribution in [0.15, 0.2) is 10.7 Å². The Balaban J connectivity index is 1.87. The first-order valence-electron chi connectivity index (χ1n) is 7.97. The van der Waals surface area contributed by atoms with Gasteiger partial charge in [-0.1, -0.05) is 20.8 Å². The van der Waals surface area contributed by atoms with Crippen LogP contribution < -0.4 is 4.90 Å². The van der Waals surface area contributed by atoms with Gasteiger partial charge in [0, 0.05) is 37.2 Å². The van der Waals surface area contributed by atoms with Crippen molar-refractivity contribution in [2.24, 2.45) is 0 Å². The molecule has 0 N–H and O–H groups in total. The van der Waals surface area contributed by atoms with E-state index in [2.05, 4.69) is 57.6 Å². The van der Waals surface area contributed by atoms with E-state index in [1.54, 1.807) is 0 Å². The molecule has 2 aliphatic rings. The second kappa shape index (κ2) is 5.84. The first-order valence-corrected chi connectivity index (χ1v) is 8.77. The molecule has 1 atom stereocenters. The van der Waals surface area contributed by atoms with Crippen molar-refractivity contribution in [2.45, 2.75) is 51.5 Å². The van der Waals surface area contributed by atoms with Crippen LogP contribution >= 0.6 is 15.9 Å². The fraction of sp³-hybridized carbons (Fsp3) is 0.750. The molecule has 1 unspecified atom stereocenters. The van der Waals surface area contributed by atoms with Gasteiger partial charge in [-0.25, -0.2) is 9.97 Å². The third-order valence-corrected chi connectivity index (χ3v) is 4.89. The zero-order valence-electron chi connectivity index (χ0n) is 13.3. The molecular weight excluding hydrogens is 328 g/mol. The standard InChI is InChI=1S/C16H25BrN4/c1-16(2,3)15-18-13(17)10-14(19-15)21-9-5-8-20-7-4-6-12(20)11-21/h10,12H,4-9,11H2,1-3H3. The van der Waals surface area contributed by atoms with Crippen molar-refractivity contribution in [2.75, 3.05) is 31.1 Å². The highest BCUT2D eigenvalue weighted by Crippen LogP contribution is 2.27. The second-order valence-electron chi connectivity index (χ2n) is 7.25. The van der Waals surface area contributed by atoms with E-state index in [0.717, 1.165) is 29.3 Å². The predicted octanol–water partition coefficient (Wildman–Crippen LogP) is 3.21. The predicted molar refractivity (Wildman–Crippen MR) is 89.9 cm³/mol. The van der Waals surface area contributed by atoms with Crippen molar-refractivity contribution in [1.29, 1.82) is 0 Å². The largest absolute Gasteiger partial charge is 0.355 e. The van der Waals surface area contributed by atoms with Gasteiger partial charge in [-0.15, -0.1) is 0 Å². The maximum Gasteiger partial charge on any atom is 0.137 e. The van der Waals surface area contributed by atoms with Crippen LogP contribution in [0.2, 0.25) is 0 Å². The molecule has 0 aromatic carbocycles. The highest BCUT2D eigenvalue weighted by molar-refractivity contribution is 9.10. The first-order chi connectivity index (χ1) is 9.93. The van der Waals surface area contributed by atoms with E-state index in [1.807, 2.05) is 0 Å². The number of hydrogen-bond donors (Lipinski definition) is 0. The van der Waals surface area contributed by atoms with Crippen LogP contribution in [-0.4, -0.2) is 47.1 Å². The van der Waals surface area contributed by atoms with Gasteiger partial charge in [0.25, 0.3) is 0 Å². The summed E-state index contributed by atoms with van der Waals surface area (Å²) in [5.41, 5.74) is -0.0240. The monoisotopic (exact) mass is 352 g/mol. The molecule has 0 aliphatic carbocycles. The van der Waals surface area contributed by atoms with Gasteiger partial charge in [-0.3, -0.25) is 4.90 Å². The van der Waals surface area contributed by atoms with Gasteiger partial charge < -0.3 is 4.90 Å². The molecule has 4 nitrogen and oxygen atoms in total. The third-order valence-electron chi connectivity index (χ3n) is 4.48. The molecule has 0 spiro atoms. The van der Waals surface area contributed by atoms with Gasteiger partial charge in [0.15, 0.2) is 0 Å². The van der Waals surface area contributed by atoms with Crippen LogP contribution in [0.3, 0.4) is 0 Å². The molecule has 1 aromatic rings. The summed E-state index contributed by atoms with van der Waals surface area (Å²) < 4.78 is 0.893. The van der Waals surface area contributed by atoms with Crippen molar-refractivity contribution in [3.63, 3.8) is 0 Å². The first kappa shape index (κ1) is 15.2. The average molecular weight is 353 g/mol. The lowest BCUT2D eigenvalue weighted by atomic mass is 9.96. The van der Waals surface area contributed by atoms with Gasteiger partial charge in [-0.05, 0) is 41.7 Å². The molecule has 2 aliphatic heterocycles. The minimum atomic E-state index is -0.0240. The molecule has 3 heterocycles. The Morgan fingerprint density at radius 2 is 1.90 bits per heavy atom. The summed E-state index contributed by atoms with van der Waals surface area (Å²) in [6.07, 6.45) is 3.90. The van der Waals surface area contributed by atoms with Gasteiger partial charge in [0.1, 0.15) is 16.2 Å². The van der Waals surface area contributed by atoms with Crippen molar-refractivity contribution in [3.05, 3.63) is 16.5 Å². The molecule has 21 heavy (non-hydrogen) atoms. The Kier molecular flexibility index (Phi) is 4.23. The van der Waals surface area contributed by atoms with E-state index in [1.165, 1.54) is 32.4 Å². The Labute approximate surface area is 136 Å². The van der Waals surface area contributed by atoms with Crippen LogP contribution in [0.25, 0.3) is 0 Å². The van der Waals surface area contributed by atoms with Crippen molar-refractivity contribution in [3.8, 4) is 0 Å². The number of rotatable bonds is 1. The second-order valence-corrected chi connectivity index (χ2v) is 8.07. The highest BCUT2D eigenvalue weighted by atomic mass is 79.9. The zero-order chi connectivity index (χ0) is 15.0. The van der Waals surface area contributed by atoms with Crippen molar-refractivity contribution < 1.29 is 0 Å². The normalized spacial score (nSPS) is 24.0. The summed E-state index contributed by atoms with van der Waals surface area (Å²) >= 11 is 3.56. The smallest absolute Gasteiger partial charge is 0.137 e. The fourth-order valence-electron chi connectivity index (χ4n) is 3.32. The van der Waals surface area contributed by atoms with Gasteiger partial charge >= 0.3 is 0 Å². The lowest BCUT2D eigenvalue weighted by Gasteiger charge is -2.27. The Hall–Kier alpha value is -0.680. The number of aromatic nitrogens is 2. The van der Waals surface area contributed by atoms with E-state index in [4.69, 9.17) is 4.98 Å². The Morgan fingerprint density at radius 1 is 1.14 bits per heavy atom. The number of halogens is 1. The highest BCUT2D eigenvalue weighted by Gasteiger charge is 2.30. The minimum Gasteiger partial charge on any atom is -0.355 e. The molecule has 3 rings (SSSR count). The quantitative estimate of drug-likeness (QED) is 0.726. The van der Waals surface area contributed by atoms with Gasteiger partial charge in [0.05, 0.1) is 0 Å². The maximum absolute atomic E-state index is 4.85. The van der Waals surface area contributed by atoms with E-state index < -0.39 is 0 Å². The van der Waals surface area contributed by atoms with E-state index in [0.29, 0.717) is 6.04 Å². The number of hydrogen-bond acceptors (Lipinski definition) is 4. The Bertz CT molecular complexity index is 511. The van der Waals surface area contributed by atoms with E-state index in [9.17, 15) is 0 Å². The molecule has 5 heteroatoms. The topological polar surface area (TPSA) is 32.3 Å². The molecule has 0 radical (unpaired) electrons. The molecule has 0 saturated carbocycles. The maximum atomic E-state index is 4.85. The van der Waals surface area contributed by atoms with E-state index >= 15 is 0 Å². The fourth-order valence-corrected chi connectivity index (χ4v) is 3.69. The van der Waals surface area contributed by atoms with Gasteiger partial charge in [-0.2, -0.15) is 0 Å². The molecule has 1 aromatic heterocycles. The number of anilines is 1. The molecule has 2 saturated heterocycles. The summed E-state index contributed by atoms with van der Waals surface area (Å²) in [6.45, 7) is 11.2. The van der Waals surface area contributed by atoms with Crippen LogP contribution in [0.5, 0.6) is 0 Å². The van der Waals surface area contributed by atoms with Crippen LogP contribution in [-0.2, 0) is 5.41 Å². The minimum absolute atomic E-state index is 0.0240. The summed E-state index contributed by atoms with van der Waals surface area (Å²) in [5, 5.41) is 0. The molecule has 2 fully saturated rings. The lowest BCUT2D eigenvalue weighted by Crippen LogP contribution is -2.37.